The van der Waals surface area contributed by atoms with Crippen LogP contribution in [-0.2, 0) is 17.9 Å². The van der Waals surface area contributed by atoms with Gasteiger partial charge in [0, 0.05) is 19.6 Å². The summed E-state index contributed by atoms with van der Waals surface area (Å²) in [6.45, 7) is 9.06. The monoisotopic (exact) mass is 343 g/mol. The van der Waals surface area contributed by atoms with E-state index in [2.05, 4.69) is 32.9 Å². The van der Waals surface area contributed by atoms with Gasteiger partial charge in [-0.1, -0.05) is 6.92 Å². The third-order valence-electron chi connectivity index (χ3n) is 4.39. The Bertz CT molecular complexity index is 515. The van der Waals surface area contributed by atoms with Crippen molar-refractivity contribution in [3.63, 3.8) is 0 Å². The van der Waals surface area contributed by atoms with Crippen LogP contribution >= 0.6 is 15.9 Å². The van der Waals surface area contributed by atoms with Crippen molar-refractivity contribution in [1.82, 2.24) is 14.7 Å². The Morgan fingerprint density at radius 1 is 1.50 bits per heavy atom. The summed E-state index contributed by atoms with van der Waals surface area (Å²) < 4.78 is 3.04. The average molecular weight is 344 g/mol. The van der Waals surface area contributed by atoms with Crippen LogP contribution in [0.25, 0.3) is 0 Å². The lowest BCUT2D eigenvalue weighted by molar-refractivity contribution is -0.148. The van der Waals surface area contributed by atoms with E-state index in [-0.39, 0.29) is 0 Å². The predicted molar refractivity (Wildman–Crippen MR) is 80.6 cm³/mol. The highest BCUT2D eigenvalue weighted by atomic mass is 79.9. The quantitative estimate of drug-likeness (QED) is 0.892. The fourth-order valence-corrected chi connectivity index (χ4v) is 3.35. The lowest BCUT2D eigenvalue weighted by atomic mass is 9.84. The number of carboxylic acid groups (broad SMARTS) is 1. The molecule has 1 aliphatic rings. The van der Waals surface area contributed by atoms with Crippen molar-refractivity contribution < 1.29 is 9.90 Å². The largest absolute Gasteiger partial charge is 0.481 e. The smallest absolute Gasteiger partial charge is 0.310 e. The maximum absolute atomic E-state index is 11.5. The molecule has 0 amide bonds. The van der Waals surface area contributed by atoms with E-state index in [4.69, 9.17) is 0 Å². The normalized spacial score (nSPS) is 23.4. The zero-order valence-corrected chi connectivity index (χ0v) is 13.9. The second kappa shape index (κ2) is 5.85. The van der Waals surface area contributed by atoms with Gasteiger partial charge in [-0.05, 0) is 49.2 Å². The van der Waals surface area contributed by atoms with E-state index >= 15 is 0 Å². The third-order valence-corrected chi connectivity index (χ3v) is 5.42. The molecule has 1 atom stereocenters. The van der Waals surface area contributed by atoms with Gasteiger partial charge >= 0.3 is 5.97 Å². The molecule has 1 aromatic heterocycles. The first-order valence-electron chi connectivity index (χ1n) is 7.11. The molecule has 112 valence electrons. The highest BCUT2D eigenvalue weighted by molar-refractivity contribution is 9.10. The predicted octanol–water partition coefficient (Wildman–Crippen LogP) is 2.66. The zero-order chi connectivity index (χ0) is 14.9. The van der Waals surface area contributed by atoms with E-state index in [1.54, 1.807) is 0 Å². The maximum Gasteiger partial charge on any atom is 0.310 e. The first kappa shape index (κ1) is 15.5. The first-order valence-corrected chi connectivity index (χ1v) is 7.90. The average Bonchev–Trinajstić information content (AvgIpc) is 2.96. The highest BCUT2D eigenvalue weighted by Crippen LogP contribution is 2.35. The maximum atomic E-state index is 11.5. The molecule has 1 unspecified atom stereocenters. The summed E-state index contributed by atoms with van der Waals surface area (Å²) in [5.74, 6) is -0.665. The van der Waals surface area contributed by atoms with Crippen LogP contribution in [0.4, 0.5) is 0 Å². The summed E-state index contributed by atoms with van der Waals surface area (Å²) in [6, 6.07) is 0. The summed E-state index contributed by atoms with van der Waals surface area (Å²) in [7, 11) is 0. The number of rotatable bonds is 5. The SMILES string of the molecule is CCn1nc(C)c(Br)c1CN1CCC(CC)(C(=O)O)C1. The van der Waals surface area contributed by atoms with Gasteiger partial charge in [0.2, 0.25) is 0 Å². The number of nitrogens with zero attached hydrogens (tertiary/aromatic N) is 3. The number of aryl methyl sites for hydroxylation is 2. The number of hydrogen-bond donors (Lipinski definition) is 1. The molecule has 5 nitrogen and oxygen atoms in total. The Hall–Kier alpha value is -0.880. The molecular weight excluding hydrogens is 322 g/mol. The van der Waals surface area contributed by atoms with Crippen LogP contribution in [0.3, 0.4) is 0 Å². The van der Waals surface area contributed by atoms with Crippen LogP contribution in [-0.4, -0.2) is 38.8 Å². The number of aliphatic carboxylic acids is 1. The van der Waals surface area contributed by atoms with Gasteiger partial charge in [0.25, 0.3) is 0 Å². The van der Waals surface area contributed by atoms with Gasteiger partial charge in [0.05, 0.1) is 21.3 Å². The van der Waals surface area contributed by atoms with Crippen molar-refractivity contribution in [2.24, 2.45) is 5.41 Å². The van der Waals surface area contributed by atoms with Crippen molar-refractivity contribution >= 4 is 21.9 Å². The van der Waals surface area contributed by atoms with Gasteiger partial charge in [-0.2, -0.15) is 5.10 Å². The molecule has 2 heterocycles. The molecule has 0 radical (unpaired) electrons. The first-order chi connectivity index (χ1) is 9.43. The summed E-state index contributed by atoms with van der Waals surface area (Å²) in [5, 5.41) is 13.9. The second-order valence-corrected chi connectivity index (χ2v) is 6.35. The Morgan fingerprint density at radius 3 is 2.70 bits per heavy atom. The van der Waals surface area contributed by atoms with E-state index in [0.29, 0.717) is 13.0 Å². The van der Waals surface area contributed by atoms with Crippen LogP contribution in [0.2, 0.25) is 0 Å². The topological polar surface area (TPSA) is 58.4 Å². The Labute approximate surface area is 128 Å². The summed E-state index contributed by atoms with van der Waals surface area (Å²) in [6.07, 6.45) is 1.42. The van der Waals surface area contributed by atoms with Gasteiger partial charge in [-0.3, -0.25) is 14.4 Å². The lowest BCUT2D eigenvalue weighted by Crippen LogP contribution is -2.34. The van der Waals surface area contributed by atoms with Gasteiger partial charge in [-0.15, -0.1) is 0 Å². The van der Waals surface area contributed by atoms with Gasteiger partial charge in [0.15, 0.2) is 0 Å². The minimum absolute atomic E-state index is 0.571. The highest BCUT2D eigenvalue weighted by Gasteiger charge is 2.43. The van der Waals surface area contributed by atoms with E-state index < -0.39 is 11.4 Å². The van der Waals surface area contributed by atoms with Crippen LogP contribution in [0.5, 0.6) is 0 Å². The van der Waals surface area contributed by atoms with E-state index in [1.165, 1.54) is 0 Å². The summed E-state index contributed by atoms with van der Waals surface area (Å²) in [5.41, 5.74) is 1.56. The van der Waals surface area contributed by atoms with Crippen LogP contribution in [0.15, 0.2) is 4.47 Å². The molecule has 0 spiro atoms. The Morgan fingerprint density at radius 2 is 2.20 bits per heavy atom. The van der Waals surface area contributed by atoms with Gasteiger partial charge < -0.3 is 5.11 Å². The number of halogens is 1. The van der Waals surface area contributed by atoms with E-state index in [1.807, 2.05) is 18.5 Å². The molecular formula is C14H22BrN3O2. The fourth-order valence-electron chi connectivity index (χ4n) is 2.94. The molecule has 0 saturated carbocycles. The Balaban J connectivity index is 2.15. The van der Waals surface area contributed by atoms with Crippen LogP contribution in [0.1, 0.15) is 38.1 Å². The van der Waals surface area contributed by atoms with Crippen molar-refractivity contribution in [2.75, 3.05) is 13.1 Å². The van der Waals surface area contributed by atoms with Crippen molar-refractivity contribution in [3.05, 3.63) is 15.9 Å². The van der Waals surface area contributed by atoms with E-state index in [0.717, 1.165) is 41.9 Å². The number of aromatic nitrogens is 2. The third kappa shape index (κ3) is 2.63. The zero-order valence-electron chi connectivity index (χ0n) is 12.3. The molecule has 1 aromatic rings. The van der Waals surface area contributed by atoms with E-state index in [9.17, 15) is 9.90 Å². The van der Waals surface area contributed by atoms with Crippen LogP contribution in [0, 0.1) is 12.3 Å². The molecule has 6 heteroatoms. The number of carbonyl (C=O) groups is 1. The number of likely N-dealkylation sites (tertiary alicyclic amines) is 1. The standard InChI is InChI=1S/C14H22BrN3O2/c1-4-14(13(19)20)6-7-17(9-14)8-11-12(15)10(3)16-18(11)5-2/h4-9H2,1-3H3,(H,19,20). The second-order valence-electron chi connectivity index (χ2n) is 5.56. The van der Waals surface area contributed by atoms with Gasteiger partial charge in [0.1, 0.15) is 0 Å². The summed E-state index contributed by atoms with van der Waals surface area (Å²) >= 11 is 3.60. The molecule has 1 N–H and O–H groups in total. The number of hydrogen-bond acceptors (Lipinski definition) is 3. The minimum Gasteiger partial charge on any atom is -0.481 e. The fraction of sp³-hybridized carbons (Fsp3) is 0.714. The molecule has 1 aliphatic heterocycles. The molecule has 2 rings (SSSR count). The lowest BCUT2D eigenvalue weighted by Gasteiger charge is -2.23. The van der Waals surface area contributed by atoms with Crippen molar-refractivity contribution in [2.45, 2.75) is 46.7 Å². The molecule has 0 bridgehead atoms. The molecule has 0 aromatic carbocycles. The van der Waals surface area contributed by atoms with Gasteiger partial charge in [-0.25, -0.2) is 0 Å². The Kier molecular flexibility index (Phi) is 4.54. The minimum atomic E-state index is -0.665. The van der Waals surface area contributed by atoms with Crippen molar-refractivity contribution in [1.29, 1.82) is 0 Å². The number of carboxylic acids is 1. The molecule has 1 saturated heterocycles. The summed E-state index contributed by atoms with van der Waals surface area (Å²) in [4.78, 5) is 13.7. The molecule has 20 heavy (non-hydrogen) atoms. The van der Waals surface area contributed by atoms with Crippen molar-refractivity contribution in [3.8, 4) is 0 Å². The molecule has 1 fully saturated rings. The molecule has 0 aliphatic carbocycles. The van der Waals surface area contributed by atoms with Crippen LogP contribution < -0.4 is 0 Å².